The summed E-state index contributed by atoms with van der Waals surface area (Å²) >= 11 is 0. The smallest absolute Gasteiger partial charge is 0.226 e. The second kappa shape index (κ2) is 5.83. The molecule has 98 valence electrons. The predicted octanol–water partition coefficient (Wildman–Crippen LogP) is 0.539. The Morgan fingerprint density at radius 2 is 1.94 bits per heavy atom. The lowest BCUT2D eigenvalue weighted by Gasteiger charge is -2.37. The molecular formula is C13H25N3O. The van der Waals surface area contributed by atoms with Gasteiger partial charge in [0.15, 0.2) is 0 Å². The van der Waals surface area contributed by atoms with Crippen LogP contribution in [0, 0.1) is 5.92 Å². The lowest BCUT2D eigenvalue weighted by atomic mass is 9.96. The number of hydrogen-bond acceptors (Lipinski definition) is 3. The summed E-state index contributed by atoms with van der Waals surface area (Å²) in [6.45, 7) is 3.84. The van der Waals surface area contributed by atoms with E-state index in [4.69, 9.17) is 0 Å². The Morgan fingerprint density at radius 1 is 1.24 bits per heavy atom. The fourth-order valence-corrected chi connectivity index (χ4v) is 2.92. The predicted molar refractivity (Wildman–Crippen MR) is 68.9 cm³/mol. The van der Waals surface area contributed by atoms with Gasteiger partial charge in [-0.05, 0) is 46.3 Å². The highest BCUT2D eigenvalue weighted by Gasteiger charge is 2.29. The van der Waals surface area contributed by atoms with Crippen LogP contribution in [-0.2, 0) is 4.79 Å². The fourth-order valence-electron chi connectivity index (χ4n) is 2.92. The minimum atomic E-state index is 0.236. The summed E-state index contributed by atoms with van der Waals surface area (Å²) in [4.78, 5) is 16.7. The first-order chi connectivity index (χ1) is 8.18. The molecule has 0 aromatic carbocycles. The van der Waals surface area contributed by atoms with E-state index in [2.05, 4.69) is 29.2 Å². The Hall–Kier alpha value is -0.610. The van der Waals surface area contributed by atoms with Crippen molar-refractivity contribution < 1.29 is 4.79 Å². The molecule has 0 aromatic heterocycles. The molecule has 2 aliphatic rings. The molecule has 0 saturated carbocycles. The standard InChI is InChI=1S/C13H25N3O/c1-15(2)12-5-8-16(9-6-12)13(17)11-4-3-7-14-10-11/h11-12,14H,3-10H2,1-2H3/t11-/m1/s1. The van der Waals surface area contributed by atoms with Crippen molar-refractivity contribution in [3.63, 3.8) is 0 Å². The Balaban J connectivity index is 1.81. The summed E-state index contributed by atoms with van der Waals surface area (Å²) in [6, 6.07) is 0.656. The average molecular weight is 239 g/mol. The molecule has 2 aliphatic heterocycles. The minimum absolute atomic E-state index is 0.236. The quantitative estimate of drug-likeness (QED) is 0.764. The van der Waals surface area contributed by atoms with Gasteiger partial charge in [0.25, 0.3) is 0 Å². The van der Waals surface area contributed by atoms with Crippen molar-refractivity contribution in [1.29, 1.82) is 0 Å². The van der Waals surface area contributed by atoms with E-state index in [9.17, 15) is 4.79 Å². The number of piperidine rings is 2. The van der Waals surface area contributed by atoms with Crippen LogP contribution >= 0.6 is 0 Å². The molecule has 0 bridgehead atoms. The van der Waals surface area contributed by atoms with E-state index in [-0.39, 0.29) is 5.92 Å². The summed E-state index contributed by atoms with van der Waals surface area (Å²) in [5, 5.41) is 3.33. The third-order valence-electron chi connectivity index (χ3n) is 4.15. The van der Waals surface area contributed by atoms with Gasteiger partial charge in [-0.15, -0.1) is 0 Å². The van der Waals surface area contributed by atoms with Gasteiger partial charge in [0.05, 0.1) is 5.92 Å². The van der Waals surface area contributed by atoms with Gasteiger partial charge >= 0.3 is 0 Å². The first-order valence-electron chi connectivity index (χ1n) is 6.84. The van der Waals surface area contributed by atoms with Crippen LogP contribution in [0.1, 0.15) is 25.7 Å². The largest absolute Gasteiger partial charge is 0.342 e. The number of amides is 1. The molecule has 1 N–H and O–H groups in total. The third kappa shape index (κ3) is 3.19. The van der Waals surface area contributed by atoms with Crippen molar-refractivity contribution in [2.45, 2.75) is 31.7 Å². The van der Waals surface area contributed by atoms with E-state index >= 15 is 0 Å². The van der Waals surface area contributed by atoms with Crippen molar-refractivity contribution >= 4 is 5.91 Å². The normalized spacial score (nSPS) is 27.5. The van der Waals surface area contributed by atoms with E-state index in [1.807, 2.05) is 0 Å². The lowest BCUT2D eigenvalue weighted by molar-refractivity contribution is -0.137. The molecule has 0 aromatic rings. The molecule has 1 atom stereocenters. The monoisotopic (exact) mass is 239 g/mol. The van der Waals surface area contributed by atoms with Crippen LogP contribution in [0.3, 0.4) is 0 Å². The SMILES string of the molecule is CN(C)C1CCN(C(=O)[C@@H]2CCCNC2)CC1. The molecule has 2 heterocycles. The van der Waals surface area contributed by atoms with Gasteiger partial charge in [0, 0.05) is 25.7 Å². The summed E-state index contributed by atoms with van der Waals surface area (Å²) in [5.41, 5.74) is 0. The Kier molecular flexibility index (Phi) is 4.40. The van der Waals surface area contributed by atoms with Crippen LogP contribution < -0.4 is 5.32 Å². The zero-order chi connectivity index (χ0) is 12.3. The summed E-state index contributed by atoms with van der Waals surface area (Å²) < 4.78 is 0. The highest BCUT2D eigenvalue weighted by atomic mass is 16.2. The summed E-state index contributed by atoms with van der Waals surface area (Å²) in [5.74, 6) is 0.620. The van der Waals surface area contributed by atoms with Gasteiger partial charge in [-0.3, -0.25) is 4.79 Å². The van der Waals surface area contributed by atoms with E-state index in [0.29, 0.717) is 11.9 Å². The zero-order valence-corrected chi connectivity index (χ0v) is 11.1. The summed E-state index contributed by atoms with van der Waals surface area (Å²) in [7, 11) is 4.26. The highest BCUT2D eigenvalue weighted by molar-refractivity contribution is 5.79. The third-order valence-corrected chi connectivity index (χ3v) is 4.15. The van der Waals surface area contributed by atoms with Crippen LogP contribution in [0.4, 0.5) is 0 Å². The molecule has 4 heteroatoms. The van der Waals surface area contributed by atoms with Gasteiger partial charge in [0.1, 0.15) is 0 Å². The average Bonchev–Trinajstić information content (AvgIpc) is 2.39. The van der Waals surface area contributed by atoms with Crippen LogP contribution in [0.25, 0.3) is 0 Å². The maximum Gasteiger partial charge on any atom is 0.226 e. The number of rotatable bonds is 2. The molecule has 1 amide bonds. The molecule has 17 heavy (non-hydrogen) atoms. The number of hydrogen-bond donors (Lipinski definition) is 1. The van der Waals surface area contributed by atoms with Gasteiger partial charge < -0.3 is 15.1 Å². The maximum absolute atomic E-state index is 12.3. The Labute approximate surface area is 104 Å². The lowest BCUT2D eigenvalue weighted by Crippen LogP contribution is -2.48. The Bertz CT molecular complexity index is 253. The molecule has 0 radical (unpaired) electrons. The summed E-state index contributed by atoms with van der Waals surface area (Å²) in [6.07, 6.45) is 4.46. The van der Waals surface area contributed by atoms with Crippen molar-refractivity contribution in [3.05, 3.63) is 0 Å². The fraction of sp³-hybridized carbons (Fsp3) is 0.923. The zero-order valence-electron chi connectivity index (χ0n) is 11.1. The number of carbonyl (C=O) groups is 1. The maximum atomic E-state index is 12.3. The van der Waals surface area contributed by atoms with E-state index in [1.54, 1.807) is 0 Å². The molecule has 0 unspecified atom stereocenters. The van der Waals surface area contributed by atoms with Crippen LogP contribution in [-0.4, -0.2) is 62.0 Å². The topological polar surface area (TPSA) is 35.6 Å². The Morgan fingerprint density at radius 3 is 2.47 bits per heavy atom. The van der Waals surface area contributed by atoms with E-state index in [1.165, 1.54) is 0 Å². The van der Waals surface area contributed by atoms with Crippen LogP contribution in [0.15, 0.2) is 0 Å². The second-order valence-corrected chi connectivity index (χ2v) is 5.56. The molecule has 2 rings (SSSR count). The van der Waals surface area contributed by atoms with Gasteiger partial charge in [0.2, 0.25) is 5.91 Å². The number of carbonyl (C=O) groups excluding carboxylic acids is 1. The van der Waals surface area contributed by atoms with Gasteiger partial charge in [-0.1, -0.05) is 0 Å². The van der Waals surface area contributed by atoms with Gasteiger partial charge in [-0.2, -0.15) is 0 Å². The van der Waals surface area contributed by atoms with Gasteiger partial charge in [-0.25, -0.2) is 0 Å². The van der Waals surface area contributed by atoms with Crippen molar-refractivity contribution in [2.75, 3.05) is 40.3 Å². The number of nitrogens with zero attached hydrogens (tertiary/aromatic N) is 2. The van der Waals surface area contributed by atoms with E-state index < -0.39 is 0 Å². The highest BCUT2D eigenvalue weighted by Crippen LogP contribution is 2.19. The second-order valence-electron chi connectivity index (χ2n) is 5.56. The molecule has 0 aliphatic carbocycles. The number of likely N-dealkylation sites (tertiary alicyclic amines) is 1. The number of nitrogens with one attached hydrogen (secondary N) is 1. The molecule has 0 spiro atoms. The molecule has 2 fully saturated rings. The van der Waals surface area contributed by atoms with E-state index in [0.717, 1.165) is 51.9 Å². The van der Waals surface area contributed by atoms with Crippen molar-refractivity contribution in [3.8, 4) is 0 Å². The first-order valence-corrected chi connectivity index (χ1v) is 6.84. The van der Waals surface area contributed by atoms with Crippen LogP contribution in [0.2, 0.25) is 0 Å². The minimum Gasteiger partial charge on any atom is -0.342 e. The van der Waals surface area contributed by atoms with Crippen molar-refractivity contribution in [2.24, 2.45) is 5.92 Å². The van der Waals surface area contributed by atoms with Crippen LogP contribution in [0.5, 0.6) is 0 Å². The molecule has 2 saturated heterocycles. The first kappa shape index (κ1) is 12.8. The molecular weight excluding hydrogens is 214 g/mol. The van der Waals surface area contributed by atoms with Crippen molar-refractivity contribution in [1.82, 2.24) is 15.1 Å². The molecule has 4 nitrogen and oxygen atoms in total.